The van der Waals surface area contributed by atoms with Crippen molar-refractivity contribution in [2.45, 2.75) is 13.5 Å². The van der Waals surface area contributed by atoms with Gasteiger partial charge in [0.1, 0.15) is 18.2 Å². The fourth-order valence-electron chi connectivity index (χ4n) is 2.97. The van der Waals surface area contributed by atoms with Crippen molar-refractivity contribution in [1.29, 1.82) is 5.26 Å². The van der Waals surface area contributed by atoms with Crippen molar-refractivity contribution in [2.24, 2.45) is 5.73 Å². The smallest absolute Gasteiger partial charge is 0.259 e. The van der Waals surface area contributed by atoms with E-state index in [0.29, 0.717) is 30.3 Å². The molecule has 0 heterocycles. The lowest BCUT2D eigenvalue weighted by Crippen LogP contribution is -2.12. The first kappa shape index (κ1) is 20.7. The fourth-order valence-corrected chi connectivity index (χ4v) is 3.75. The van der Waals surface area contributed by atoms with Crippen LogP contribution in [0.4, 0.5) is 0 Å². The maximum absolute atomic E-state index is 11.3. The first-order valence-electron chi connectivity index (χ1n) is 9.01. The molecule has 0 spiro atoms. The van der Waals surface area contributed by atoms with Crippen molar-refractivity contribution < 1.29 is 14.3 Å². The number of fused-ring (bicyclic) bond motifs is 1. The zero-order chi connectivity index (χ0) is 20.8. The molecule has 0 aliphatic carbocycles. The summed E-state index contributed by atoms with van der Waals surface area (Å²) in [6, 6.07) is 19.7. The summed E-state index contributed by atoms with van der Waals surface area (Å²) in [5.74, 6) is 0.402. The van der Waals surface area contributed by atoms with Gasteiger partial charge >= 0.3 is 0 Å². The van der Waals surface area contributed by atoms with E-state index in [9.17, 15) is 4.79 Å². The number of nitriles is 1. The number of amides is 1. The molecule has 29 heavy (non-hydrogen) atoms. The first-order chi connectivity index (χ1) is 14.0. The molecule has 0 aromatic heterocycles. The SMILES string of the molecule is CCOc1cc(/C=C(\C#N)C(N)=O)cc(I)c1OCc1cccc2ccccc12. The lowest BCUT2D eigenvalue weighted by molar-refractivity contribution is -0.114. The second kappa shape index (κ2) is 9.43. The Morgan fingerprint density at radius 3 is 2.66 bits per heavy atom. The van der Waals surface area contributed by atoms with Crippen LogP contribution in [0.5, 0.6) is 11.5 Å². The molecular formula is C23H19IN2O3. The topological polar surface area (TPSA) is 85.3 Å². The van der Waals surface area contributed by atoms with Crippen molar-refractivity contribution in [1.82, 2.24) is 0 Å². The highest BCUT2D eigenvalue weighted by molar-refractivity contribution is 14.1. The number of nitrogens with zero attached hydrogens (tertiary/aromatic N) is 1. The van der Waals surface area contributed by atoms with Crippen LogP contribution >= 0.6 is 22.6 Å². The molecule has 3 aromatic rings. The molecular weight excluding hydrogens is 479 g/mol. The van der Waals surface area contributed by atoms with Gasteiger partial charge in [0.15, 0.2) is 11.5 Å². The average Bonchev–Trinajstić information content (AvgIpc) is 2.71. The van der Waals surface area contributed by atoms with Gasteiger partial charge in [-0.3, -0.25) is 4.79 Å². The molecule has 146 valence electrons. The highest BCUT2D eigenvalue weighted by Crippen LogP contribution is 2.36. The van der Waals surface area contributed by atoms with Gasteiger partial charge in [-0.15, -0.1) is 0 Å². The van der Waals surface area contributed by atoms with E-state index in [1.54, 1.807) is 6.07 Å². The van der Waals surface area contributed by atoms with Gasteiger partial charge in [-0.25, -0.2) is 0 Å². The number of hydrogen-bond acceptors (Lipinski definition) is 4. The lowest BCUT2D eigenvalue weighted by Gasteiger charge is -2.15. The summed E-state index contributed by atoms with van der Waals surface area (Å²) >= 11 is 2.15. The van der Waals surface area contributed by atoms with Gasteiger partial charge in [-0.2, -0.15) is 5.26 Å². The molecule has 3 aromatic carbocycles. The largest absolute Gasteiger partial charge is 0.490 e. The number of ether oxygens (including phenoxy) is 2. The second-order valence-corrected chi connectivity index (χ2v) is 7.39. The van der Waals surface area contributed by atoms with Crippen LogP contribution in [0.15, 0.2) is 60.2 Å². The number of benzene rings is 3. The summed E-state index contributed by atoms with van der Waals surface area (Å²) in [4.78, 5) is 11.3. The highest BCUT2D eigenvalue weighted by atomic mass is 127. The maximum Gasteiger partial charge on any atom is 0.259 e. The molecule has 2 N–H and O–H groups in total. The van der Waals surface area contributed by atoms with Crippen LogP contribution in [0.25, 0.3) is 16.8 Å². The Bertz CT molecular complexity index is 1130. The van der Waals surface area contributed by atoms with E-state index in [1.807, 2.05) is 43.3 Å². The van der Waals surface area contributed by atoms with E-state index < -0.39 is 5.91 Å². The molecule has 0 aliphatic rings. The first-order valence-corrected chi connectivity index (χ1v) is 10.1. The van der Waals surface area contributed by atoms with Gasteiger partial charge in [0.05, 0.1) is 10.2 Å². The second-order valence-electron chi connectivity index (χ2n) is 6.22. The van der Waals surface area contributed by atoms with Gasteiger partial charge in [0.2, 0.25) is 0 Å². The standard InChI is InChI=1S/C23H19IN2O3/c1-2-28-21-12-15(10-18(13-25)23(26)27)11-20(24)22(21)29-14-17-8-5-7-16-6-3-4-9-19(16)17/h3-12H,2,14H2,1H3,(H2,26,27)/b18-10+. The minimum Gasteiger partial charge on any atom is -0.490 e. The van der Waals surface area contributed by atoms with E-state index in [-0.39, 0.29) is 5.57 Å². The van der Waals surface area contributed by atoms with E-state index in [0.717, 1.165) is 19.9 Å². The molecule has 3 rings (SSSR count). The fraction of sp³-hybridized carbons (Fsp3) is 0.130. The lowest BCUT2D eigenvalue weighted by atomic mass is 10.1. The minimum absolute atomic E-state index is 0.118. The molecule has 5 nitrogen and oxygen atoms in total. The Balaban J connectivity index is 1.94. The maximum atomic E-state index is 11.3. The van der Waals surface area contributed by atoms with E-state index >= 15 is 0 Å². The average molecular weight is 498 g/mol. The van der Waals surface area contributed by atoms with Crippen molar-refractivity contribution in [3.8, 4) is 17.6 Å². The number of rotatable bonds is 7. The van der Waals surface area contributed by atoms with Crippen LogP contribution in [0.1, 0.15) is 18.1 Å². The number of primary amides is 1. The van der Waals surface area contributed by atoms with Crippen LogP contribution in [0.3, 0.4) is 0 Å². The molecule has 0 unspecified atom stereocenters. The zero-order valence-corrected chi connectivity index (χ0v) is 18.0. The predicted molar refractivity (Wildman–Crippen MR) is 121 cm³/mol. The number of carbonyl (C=O) groups excluding carboxylic acids is 1. The molecule has 1 amide bonds. The molecule has 0 fully saturated rings. The Hall–Kier alpha value is -3.05. The summed E-state index contributed by atoms with van der Waals surface area (Å²) in [5, 5.41) is 11.4. The predicted octanol–water partition coefficient (Wildman–Crippen LogP) is 4.81. The van der Waals surface area contributed by atoms with Crippen molar-refractivity contribution in [2.75, 3.05) is 6.61 Å². The van der Waals surface area contributed by atoms with Crippen molar-refractivity contribution in [3.63, 3.8) is 0 Å². The summed E-state index contributed by atoms with van der Waals surface area (Å²) in [5.41, 5.74) is 6.83. The normalized spacial score (nSPS) is 11.1. The van der Waals surface area contributed by atoms with Gasteiger partial charge in [-0.1, -0.05) is 42.5 Å². The summed E-state index contributed by atoms with van der Waals surface area (Å²) in [7, 11) is 0. The third-order valence-corrected chi connectivity index (χ3v) is 5.08. The third-order valence-electron chi connectivity index (χ3n) is 4.28. The van der Waals surface area contributed by atoms with Crippen LogP contribution in [-0.4, -0.2) is 12.5 Å². The van der Waals surface area contributed by atoms with Crippen LogP contribution in [0.2, 0.25) is 0 Å². The molecule has 0 saturated heterocycles. The monoisotopic (exact) mass is 498 g/mol. The van der Waals surface area contributed by atoms with Crippen molar-refractivity contribution >= 4 is 45.3 Å². The number of nitrogens with two attached hydrogens (primary N) is 1. The van der Waals surface area contributed by atoms with Gasteiger partial charge < -0.3 is 15.2 Å². The number of carbonyl (C=O) groups is 1. The minimum atomic E-state index is -0.767. The Labute approximate surface area is 182 Å². The van der Waals surface area contributed by atoms with Crippen LogP contribution < -0.4 is 15.2 Å². The molecule has 0 bridgehead atoms. The van der Waals surface area contributed by atoms with E-state index in [2.05, 4.69) is 40.8 Å². The molecule has 0 aliphatic heterocycles. The van der Waals surface area contributed by atoms with Gasteiger partial charge in [0, 0.05) is 0 Å². The third kappa shape index (κ3) is 4.87. The molecule has 0 radical (unpaired) electrons. The summed E-state index contributed by atoms with van der Waals surface area (Å²) in [6.07, 6.45) is 1.45. The summed E-state index contributed by atoms with van der Waals surface area (Å²) in [6.45, 7) is 2.72. The highest BCUT2D eigenvalue weighted by Gasteiger charge is 2.14. The van der Waals surface area contributed by atoms with Crippen LogP contribution in [-0.2, 0) is 11.4 Å². The Kier molecular flexibility index (Phi) is 6.73. The molecule has 0 saturated carbocycles. The Morgan fingerprint density at radius 2 is 1.93 bits per heavy atom. The van der Waals surface area contributed by atoms with Crippen molar-refractivity contribution in [3.05, 3.63) is 74.9 Å². The van der Waals surface area contributed by atoms with Gasteiger partial charge in [0.25, 0.3) is 5.91 Å². The Morgan fingerprint density at radius 1 is 1.17 bits per heavy atom. The van der Waals surface area contributed by atoms with Crippen LogP contribution in [0, 0.1) is 14.9 Å². The quantitative estimate of drug-likeness (QED) is 0.288. The zero-order valence-electron chi connectivity index (χ0n) is 15.8. The molecule has 6 heteroatoms. The number of halogens is 1. The summed E-state index contributed by atoms with van der Waals surface area (Å²) < 4.78 is 12.7. The molecule has 0 atom stereocenters. The van der Waals surface area contributed by atoms with E-state index in [1.165, 1.54) is 6.08 Å². The van der Waals surface area contributed by atoms with E-state index in [4.69, 9.17) is 20.5 Å². The number of hydrogen-bond donors (Lipinski definition) is 1. The van der Waals surface area contributed by atoms with Gasteiger partial charge in [-0.05, 0) is 69.6 Å².